The highest BCUT2D eigenvalue weighted by Gasteiger charge is 2.42. The summed E-state index contributed by atoms with van der Waals surface area (Å²) in [6.07, 6.45) is 5.27. The minimum Gasteiger partial charge on any atom is -0.385 e. The van der Waals surface area contributed by atoms with Crippen molar-refractivity contribution in [3.63, 3.8) is 0 Å². The highest BCUT2D eigenvalue weighted by molar-refractivity contribution is 7.03. The standard InChI is InChI=1S/C22H28N6O2S/c1-13(2)20(29)21-26-25-18-6-5-17(11-28(18)21)22(30)24-19-15-3-4-16(19)10-27(9-15)8-14-7-23-31-12-14/h5-7,11-13,15-16,19-20,29H,3-4,8-10H2,1-2H3,(H,24,30)/t15-,16+,19?,20?. The molecule has 0 aromatic carbocycles. The Balaban J connectivity index is 1.29. The Morgan fingerprint density at radius 3 is 2.71 bits per heavy atom. The number of rotatable bonds is 6. The smallest absolute Gasteiger partial charge is 0.253 e. The summed E-state index contributed by atoms with van der Waals surface area (Å²) in [7, 11) is 0. The second-order valence-corrected chi connectivity index (χ2v) is 9.87. The van der Waals surface area contributed by atoms with E-state index >= 15 is 0 Å². The van der Waals surface area contributed by atoms with Gasteiger partial charge in [-0.25, -0.2) is 4.37 Å². The second kappa shape index (κ2) is 8.29. The van der Waals surface area contributed by atoms with Gasteiger partial charge in [-0.2, -0.15) is 0 Å². The number of amides is 1. The first kappa shape index (κ1) is 20.5. The number of nitrogens with one attached hydrogen (secondary N) is 1. The molecule has 5 rings (SSSR count). The van der Waals surface area contributed by atoms with Crippen LogP contribution in [-0.2, 0) is 6.54 Å². The number of aliphatic hydroxyl groups excluding tert-OH is 1. The zero-order valence-corrected chi connectivity index (χ0v) is 18.6. The molecular formula is C22H28N6O2S. The van der Waals surface area contributed by atoms with Gasteiger partial charge in [-0.1, -0.05) is 13.8 Å². The van der Waals surface area contributed by atoms with Gasteiger partial charge in [0, 0.05) is 43.4 Å². The molecule has 2 fully saturated rings. The van der Waals surface area contributed by atoms with Crippen LogP contribution in [0.15, 0.2) is 29.9 Å². The molecule has 1 amide bonds. The number of pyridine rings is 1. The number of aromatic nitrogens is 4. The van der Waals surface area contributed by atoms with E-state index in [-0.39, 0.29) is 17.9 Å². The minimum absolute atomic E-state index is 0.00977. The molecule has 1 saturated heterocycles. The third-order valence-corrected chi connectivity index (χ3v) is 7.32. The number of carbonyl (C=O) groups excluding carboxylic acids is 1. The Hall–Kier alpha value is -2.36. The van der Waals surface area contributed by atoms with Crippen LogP contribution in [0.2, 0.25) is 0 Å². The van der Waals surface area contributed by atoms with Crippen LogP contribution in [0.5, 0.6) is 0 Å². The number of nitrogens with zero attached hydrogens (tertiary/aromatic N) is 5. The van der Waals surface area contributed by atoms with Crippen molar-refractivity contribution in [3.05, 3.63) is 46.9 Å². The van der Waals surface area contributed by atoms with Gasteiger partial charge in [-0.05, 0) is 59.8 Å². The molecule has 8 nitrogen and oxygen atoms in total. The lowest BCUT2D eigenvalue weighted by Crippen LogP contribution is -2.52. The summed E-state index contributed by atoms with van der Waals surface area (Å²) < 4.78 is 5.93. The predicted molar refractivity (Wildman–Crippen MR) is 118 cm³/mol. The Morgan fingerprint density at radius 1 is 1.26 bits per heavy atom. The summed E-state index contributed by atoms with van der Waals surface area (Å²) in [5.74, 6) is 1.36. The van der Waals surface area contributed by atoms with Crippen molar-refractivity contribution in [1.29, 1.82) is 0 Å². The number of likely N-dealkylation sites (tertiary alicyclic amines) is 1. The zero-order chi connectivity index (χ0) is 21.5. The van der Waals surface area contributed by atoms with E-state index in [0.717, 1.165) is 32.5 Å². The van der Waals surface area contributed by atoms with E-state index in [9.17, 15) is 9.90 Å². The van der Waals surface area contributed by atoms with Gasteiger partial charge in [0.15, 0.2) is 11.5 Å². The highest BCUT2D eigenvalue weighted by atomic mass is 32.1. The van der Waals surface area contributed by atoms with Gasteiger partial charge >= 0.3 is 0 Å². The molecule has 2 bridgehead atoms. The van der Waals surface area contributed by atoms with Crippen LogP contribution in [-0.4, -0.2) is 54.0 Å². The molecule has 1 saturated carbocycles. The molecule has 3 aromatic rings. The largest absolute Gasteiger partial charge is 0.385 e. The molecule has 4 heterocycles. The average molecular weight is 441 g/mol. The third-order valence-electron chi connectivity index (χ3n) is 6.68. The van der Waals surface area contributed by atoms with Crippen molar-refractivity contribution >= 4 is 23.1 Å². The van der Waals surface area contributed by atoms with Crippen molar-refractivity contribution in [2.75, 3.05) is 13.1 Å². The van der Waals surface area contributed by atoms with Crippen LogP contribution in [0.1, 0.15) is 54.5 Å². The van der Waals surface area contributed by atoms with Crippen molar-refractivity contribution in [2.24, 2.45) is 17.8 Å². The summed E-state index contributed by atoms with van der Waals surface area (Å²) in [4.78, 5) is 15.6. The first-order chi connectivity index (χ1) is 15.0. The topological polar surface area (TPSA) is 95.6 Å². The van der Waals surface area contributed by atoms with E-state index in [1.54, 1.807) is 22.7 Å². The number of hydrogen-bond donors (Lipinski definition) is 2. The van der Waals surface area contributed by atoms with Gasteiger partial charge in [0.1, 0.15) is 6.10 Å². The number of hydrogen-bond acceptors (Lipinski definition) is 7. The molecular weight excluding hydrogens is 412 g/mol. The van der Waals surface area contributed by atoms with Crippen LogP contribution in [0.25, 0.3) is 5.65 Å². The van der Waals surface area contributed by atoms with Crippen molar-refractivity contribution < 1.29 is 9.90 Å². The molecule has 0 spiro atoms. The van der Waals surface area contributed by atoms with E-state index in [4.69, 9.17) is 0 Å². The molecule has 164 valence electrons. The highest BCUT2D eigenvalue weighted by Crippen LogP contribution is 2.37. The molecule has 1 aliphatic heterocycles. The fraction of sp³-hybridized carbons (Fsp3) is 0.545. The normalized spacial score (nSPS) is 24.7. The molecule has 1 aliphatic carbocycles. The molecule has 2 N–H and O–H groups in total. The first-order valence-electron chi connectivity index (χ1n) is 10.9. The van der Waals surface area contributed by atoms with Crippen molar-refractivity contribution in [1.82, 2.24) is 29.2 Å². The Bertz CT molecular complexity index is 1050. The molecule has 2 unspecified atom stereocenters. The summed E-state index contributed by atoms with van der Waals surface area (Å²) in [5.41, 5.74) is 2.46. The monoisotopic (exact) mass is 440 g/mol. The fourth-order valence-electron chi connectivity index (χ4n) is 5.02. The SMILES string of the molecule is CC(C)C(O)c1nnc2ccc(C(=O)NC3[C@@H]4CC[C@H]3CN(Cc3cnsc3)C4)cn12. The van der Waals surface area contributed by atoms with E-state index < -0.39 is 6.10 Å². The molecule has 2 aliphatic rings. The van der Waals surface area contributed by atoms with Crippen LogP contribution in [0.4, 0.5) is 0 Å². The molecule has 0 radical (unpaired) electrons. The molecule has 9 heteroatoms. The van der Waals surface area contributed by atoms with Crippen LogP contribution in [0.3, 0.4) is 0 Å². The average Bonchev–Trinajstić information content (AvgIpc) is 3.46. The van der Waals surface area contributed by atoms with Crippen LogP contribution in [0, 0.1) is 17.8 Å². The third kappa shape index (κ3) is 3.97. The van der Waals surface area contributed by atoms with E-state index in [2.05, 4.69) is 30.2 Å². The van der Waals surface area contributed by atoms with Gasteiger partial charge in [0.2, 0.25) is 0 Å². The fourth-order valence-corrected chi connectivity index (χ4v) is 5.55. The van der Waals surface area contributed by atoms with Gasteiger partial charge in [0.05, 0.1) is 5.56 Å². The number of fused-ring (bicyclic) bond motifs is 3. The van der Waals surface area contributed by atoms with Crippen LogP contribution >= 0.6 is 11.5 Å². The Kier molecular flexibility index (Phi) is 5.49. The predicted octanol–water partition coefficient (Wildman–Crippen LogP) is 2.52. The van der Waals surface area contributed by atoms with E-state index in [1.807, 2.05) is 20.0 Å². The lowest BCUT2D eigenvalue weighted by atomic mass is 9.91. The van der Waals surface area contributed by atoms with Gasteiger partial charge < -0.3 is 10.4 Å². The van der Waals surface area contributed by atoms with Crippen molar-refractivity contribution in [2.45, 2.75) is 45.4 Å². The second-order valence-electron chi connectivity index (χ2n) is 9.22. The molecule has 31 heavy (non-hydrogen) atoms. The zero-order valence-electron chi connectivity index (χ0n) is 17.8. The lowest BCUT2D eigenvalue weighted by Gasteiger charge is -2.38. The van der Waals surface area contributed by atoms with E-state index in [0.29, 0.717) is 28.9 Å². The lowest BCUT2D eigenvalue weighted by molar-refractivity contribution is 0.0824. The van der Waals surface area contributed by atoms with Gasteiger partial charge in [-0.15, -0.1) is 10.2 Å². The maximum absolute atomic E-state index is 13.1. The maximum Gasteiger partial charge on any atom is 0.253 e. The summed E-state index contributed by atoms with van der Waals surface area (Å²) in [6, 6.07) is 3.78. The summed E-state index contributed by atoms with van der Waals surface area (Å²) in [6.45, 7) is 6.81. The number of carbonyl (C=O) groups is 1. The molecule has 3 aromatic heterocycles. The molecule has 4 atom stereocenters. The Morgan fingerprint density at radius 2 is 2.03 bits per heavy atom. The first-order valence-corrected chi connectivity index (χ1v) is 11.8. The summed E-state index contributed by atoms with van der Waals surface area (Å²) in [5, 5.41) is 24.1. The van der Waals surface area contributed by atoms with Gasteiger partial charge in [0.25, 0.3) is 5.91 Å². The maximum atomic E-state index is 13.1. The van der Waals surface area contributed by atoms with Gasteiger partial charge in [-0.3, -0.25) is 14.1 Å². The minimum atomic E-state index is -0.730. The van der Waals surface area contributed by atoms with Crippen LogP contribution < -0.4 is 5.32 Å². The quantitative estimate of drug-likeness (QED) is 0.612. The Labute approximate surface area is 185 Å². The number of aliphatic hydroxyl groups is 1. The summed E-state index contributed by atoms with van der Waals surface area (Å²) >= 11 is 1.50. The van der Waals surface area contributed by atoms with Crippen molar-refractivity contribution in [3.8, 4) is 0 Å². The number of piperidine rings is 1. The van der Waals surface area contributed by atoms with E-state index in [1.165, 1.54) is 17.1 Å².